The summed E-state index contributed by atoms with van der Waals surface area (Å²) in [4.78, 5) is 37.8. The molecule has 1 aromatic rings. The van der Waals surface area contributed by atoms with Gasteiger partial charge in [0.05, 0.1) is 23.5 Å². The lowest BCUT2D eigenvalue weighted by Crippen LogP contribution is -2.54. The number of aliphatic hydroxyl groups excluding tert-OH is 3. The Balaban J connectivity index is 1.93. The Bertz CT molecular complexity index is 974. The van der Waals surface area contributed by atoms with Gasteiger partial charge in [-0.3, -0.25) is 14.4 Å². The van der Waals surface area contributed by atoms with Gasteiger partial charge in [-0.25, -0.2) is 0 Å². The number of hydrogen-bond donors (Lipinski definition) is 4. The maximum Gasteiger partial charge on any atom is 0.175 e. The van der Waals surface area contributed by atoms with Gasteiger partial charge in [0.25, 0.3) is 0 Å². The number of fused-ring (bicyclic) bond motifs is 3. The molecule has 1 saturated carbocycles. The molecule has 5 N–H and O–H groups in total. The van der Waals surface area contributed by atoms with Gasteiger partial charge in [0.2, 0.25) is 0 Å². The highest BCUT2D eigenvalue weighted by Crippen LogP contribution is 2.49. The quantitative estimate of drug-likeness (QED) is 0.586. The number of ketones is 3. The van der Waals surface area contributed by atoms with E-state index in [1.54, 1.807) is 12.1 Å². The van der Waals surface area contributed by atoms with E-state index in [1.165, 1.54) is 19.1 Å². The monoisotopic (exact) mass is 369 g/mol. The molecule has 7 nitrogen and oxygen atoms in total. The van der Waals surface area contributed by atoms with Crippen molar-refractivity contribution in [3.63, 3.8) is 0 Å². The molecule has 0 bridgehead atoms. The zero-order valence-electron chi connectivity index (χ0n) is 14.6. The number of nitrogens with two attached hydrogens (primary N) is 1. The number of carbonyl (C=O) groups is 3. The van der Waals surface area contributed by atoms with Gasteiger partial charge < -0.3 is 21.1 Å². The van der Waals surface area contributed by atoms with E-state index in [-0.39, 0.29) is 40.9 Å². The van der Waals surface area contributed by atoms with Gasteiger partial charge in [-0.2, -0.15) is 0 Å². The first-order valence-corrected chi connectivity index (χ1v) is 8.68. The Morgan fingerprint density at radius 2 is 1.59 bits per heavy atom. The second-order valence-corrected chi connectivity index (χ2v) is 7.50. The van der Waals surface area contributed by atoms with E-state index in [2.05, 4.69) is 0 Å². The largest absolute Gasteiger partial charge is 0.511 e. The molecule has 7 heteroatoms. The summed E-state index contributed by atoms with van der Waals surface area (Å²) < 4.78 is 0. The van der Waals surface area contributed by atoms with Crippen LogP contribution in [0.5, 0.6) is 0 Å². The molecule has 0 saturated heterocycles. The first-order valence-electron chi connectivity index (χ1n) is 8.68. The standard InChI is InChI=1S/C20H19NO6/c1-8(22)20(21)6-11-13(12(23)7-20)19(27)15-14(18(11)26)16(24)9-4-2-3-5-10(9)17(15)25/h2-5,12,14-15,23,26-27H,6-7,21H2,1H3/t12-,14?,15?,20-/m0/s1. The summed E-state index contributed by atoms with van der Waals surface area (Å²) in [6.45, 7) is 1.29. The number of carbonyl (C=O) groups excluding carboxylic acids is 3. The molecule has 0 aromatic heterocycles. The van der Waals surface area contributed by atoms with Gasteiger partial charge in [-0.15, -0.1) is 0 Å². The van der Waals surface area contributed by atoms with Crippen LogP contribution in [-0.2, 0) is 4.79 Å². The van der Waals surface area contributed by atoms with Crippen LogP contribution in [0.15, 0.2) is 46.9 Å². The predicted octanol–water partition coefficient (Wildman–Crippen LogP) is 1.38. The van der Waals surface area contributed by atoms with Gasteiger partial charge in [0.1, 0.15) is 17.3 Å². The van der Waals surface area contributed by atoms with E-state index < -0.39 is 46.6 Å². The molecule has 3 aliphatic rings. The van der Waals surface area contributed by atoms with Crippen molar-refractivity contribution in [1.29, 1.82) is 0 Å². The zero-order valence-corrected chi connectivity index (χ0v) is 14.6. The van der Waals surface area contributed by atoms with E-state index in [4.69, 9.17) is 5.73 Å². The molecule has 0 heterocycles. The fourth-order valence-corrected chi connectivity index (χ4v) is 4.42. The second kappa shape index (κ2) is 5.61. The molecule has 0 spiro atoms. The second-order valence-electron chi connectivity index (χ2n) is 7.50. The summed E-state index contributed by atoms with van der Waals surface area (Å²) >= 11 is 0. The van der Waals surface area contributed by atoms with Crippen molar-refractivity contribution in [1.82, 2.24) is 0 Å². The minimum Gasteiger partial charge on any atom is -0.511 e. The van der Waals surface area contributed by atoms with Crippen molar-refractivity contribution in [2.75, 3.05) is 0 Å². The van der Waals surface area contributed by atoms with E-state index in [1.807, 2.05) is 0 Å². The average molecular weight is 369 g/mol. The maximum atomic E-state index is 13.0. The van der Waals surface area contributed by atoms with Crippen molar-refractivity contribution in [3.8, 4) is 0 Å². The van der Waals surface area contributed by atoms with Gasteiger partial charge >= 0.3 is 0 Å². The molecular formula is C20H19NO6. The molecule has 4 atom stereocenters. The molecule has 0 radical (unpaired) electrons. The van der Waals surface area contributed by atoms with Gasteiger partial charge in [-0.1, -0.05) is 24.3 Å². The number of benzene rings is 1. The highest BCUT2D eigenvalue weighted by molar-refractivity contribution is 6.18. The molecule has 0 amide bonds. The first-order chi connectivity index (χ1) is 12.7. The summed E-state index contributed by atoms with van der Waals surface area (Å²) in [5.41, 5.74) is 5.11. The fraction of sp³-hybridized carbons (Fsp3) is 0.350. The molecule has 27 heavy (non-hydrogen) atoms. The van der Waals surface area contributed by atoms with Crippen LogP contribution in [0, 0.1) is 11.8 Å². The molecule has 3 aliphatic carbocycles. The highest BCUT2D eigenvalue weighted by atomic mass is 16.3. The Labute approximate surface area is 154 Å². The van der Waals surface area contributed by atoms with Crippen molar-refractivity contribution >= 4 is 17.3 Å². The van der Waals surface area contributed by atoms with Crippen LogP contribution in [0.25, 0.3) is 0 Å². The van der Waals surface area contributed by atoms with Crippen LogP contribution in [-0.4, -0.2) is 44.3 Å². The van der Waals surface area contributed by atoms with Gasteiger partial charge in [-0.05, 0) is 6.92 Å². The lowest BCUT2D eigenvalue weighted by atomic mass is 9.63. The van der Waals surface area contributed by atoms with Gasteiger partial charge in [0.15, 0.2) is 11.6 Å². The van der Waals surface area contributed by atoms with Crippen LogP contribution in [0.1, 0.15) is 40.5 Å². The molecule has 1 fully saturated rings. The van der Waals surface area contributed by atoms with Crippen molar-refractivity contribution in [2.45, 2.75) is 31.4 Å². The third kappa shape index (κ3) is 2.25. The maximum absolute atomic E-state index is 13.0. The minimum absolute atomic E-state index is 0.00314. The molecule has 1 aromatic carbocycles. The lowest BCUT2D eigenvalue weighted by Gasteiger charge is -2.43. The van der Waals surface area contributed by atoms with E-state index >= 15 is 0 Å². The molecule has 4 rings (SSSR count). The number of hydrogen-bond acceptors (Lipinski definition) is 7. The third-order valence-electron chi connectivity index (χ3n) is 5.94. The summed E-state index contributed by atoms with van der Waals surface area (Å²) in [6.07, 6.45) is -1.60. The van der Waals surface area contributed by atoms with Crippen LogP contribution in [0.3, 0.4) is 0 Å². The number of aliphatic hydroxyl groups is 3. The Hall–Kier alpha value is -2.77. The number of allylic oxidation sites excluding steroid dienone is 2. The van der Waals surface area contributed by atoms with Gasteiger partial charge in [0, 0.05) is 35.1 Å². The summed E-state index contributed by atoms with van der Waals surface area (Å²) in [5.74, 6) is -4.77. The summed E-state index contributed by atoms with van der Waals surface area (Å²) in [6, 6.07) is 6.23. The van der Waals surface area contributed by atoms with E-state index in [0.29, 0.717) is 0 Å². The van der Waals surface area contributed by atoms with Crippen molar-refractivity contribution < 1.29 is 29.7 Å². The number of rotatable bonds is 1. The van der Waals surface area contributed by atoms with Crippen LogP contribution in [0.2, 0.25) is 0 Å². The van der Waals surface area contributed by atoms with E-state index in [9.17, 15) is 29.7 Å². The zero-order chi connectivity index (χ0) is 19.7. The lowest BCUT2D eigenvalue weighted by molar-refractivity contribution is -0.123. The minimum atomic E-state index is -1.42. The number of Topliss-reactive ketones (excluding diaryl/α,β-unsaturated/α-hetero) is 3. The summed E-state index contributed by atoms with van der Waals surface area (Å²) in [5, 5.41) is 32.2. The Kier molecular flexibility index (Phi) is 3.66. The van der Waals surface area contributed by atoms with Crippen LogP contribution in [0.4, 0.5) is 0 Å². The molecular weight excluding hydrogens is 350 g/mol. The van der Waals surface area contributed by atoms with Crippen molar-refractivity contribution in [2.24, 2.45) is 17.6 Å². The molecule has 2 unspecified atom stereocenters. The predicted molar refractivity (Wildman–Crippen MR) is 94.2 cm³/mol. The Morgan fingerprint density at radius 1 is 1.07 bits per heavy atom. The first kappa shape index (κ1) is 17.6. The molecule has 0 aliphatic heterocycles. The van der Waals surface area contributed by atoms with Crippen LogP contribution < -0.4 is 5.73 Å². The topological polar surface area (TPSA) is 138 Å². The summed E-state index contributed by atoms with van der Waals surface area (Å²) in [7, 11) is 0. The Morgan fingerprint density at radius 3 is 2.11 bits per heavy atom. The smallest absolute Gasteiger partial charge is 0.175 e. The molecule has 140 valence electrons. The SMILES string of the molecule is CC(=O)[C@]1(N)CC2=C(O)C3C(=O)c4ccccc4C(=O)C3C(O)=C2[C@@H](O)C1. The average Bonchev–Trinajstić information content (AvgIpc) is 2.62. The normalized spacial score (nSPS) is 32.8. The van der Waals surface area contributed by atoms with Crippen molar-refractivity contribution in [3.05, 3.63) is 58.1 Å². The highest BCUT2D eigenvalue weighted by Gasteiger charge is 2.54. The van der Waals surface area contributed by atoms with E-state index in [0.717, 1.165) is 0 Å². The van der Waals surface area contributed by atoms with Crippen LogP contribution >= 0.6 is 0 Å². The third-order valence-corrected chi connectivity index (χ3v) is 5.94. The fourth-order valence-electron chi connectivity index (χ4n) is 4.42.